The van der Waals surface area contributed by atoms with Crippen molar-refractivity contribution < 1.29 is 4.74 Å². The number of nitrogens with zero attached hydrogens (tertiary/aromatic N) is 2. The molecule has 0 spiro atoms. The third-order valence-corrected chi connectivity index (χ3v) is 4.10. The molecule has 0 unspecified atom stereocenters. The van der Waals surface area contributed by atoms with Gasteiger partial charge in [0.2, 0.25) is 0 Å². The van der Waals surface area contributed by atoms with Crippen LogP contribution in [0.5, 0.6) is 5.75 Å². The topological polar surface area (TPSA) is 42.8 Å². The minimum absolute atomic E-state index is 0.765. The number of hydrogen-bond acceptors (Lipinski definition) is 2. The lowest BCUT2D eigenvalue weighted by molar-refractivity contribution is 0.415. The summed E-state index contributed by atoms with van der Waals surface area (Å²) in [7, 11) is 1.69. The third-order valence-electron chi connectivity index (χ3n) is 4.10. The Morgan fingerprint density at radius 3 is 3.00 bits per heavy atom. The first-order chi connectivity index (χ1) is 11.3. The van der Waals surface area contributed by atoms with Crippen LogP contribution in [0.4, 0.5) is 0 Å². The highest BCUT2D eigenvalue weighted by atomic mass is 16.5. The number of allylic oxidation sites excluding steroid dienone is 1. The lowest BCUT2D eigenvalue weighted by Gasteiger charge is -2.03. The molecular formula is C19H17N3O. The number of rotatable bonds is 4. The van der Waals surface area contributed by atoms with E-state index in [0.29, 0.717) is 0 Å². The van der Waals surface area contributed by atoms with Crippen molar-refractivity contribution in [2.45, 2.75) is 6.54 Å². The van der Waals surface area contributed by atoms with E-state index in [0.717, 1.165) is 45.5 Å². The van der Waals surface area contributed by atoms with Gasteiger partial charge in [-0.1, -0.05) is 6.08 Å². The molecule has 4 aromatic rings. The van der Waals surface area contributed by atoms with Crippen molar-refractivity contribution in [2.75, 3.05) is 7.11 Å². The molecule has 114 valence electrons. The van der Waals surface area contributed by atoms with Gasteiger partial charge in [-0.25, -0.2) is 4.98 Å². The van der Waals surface area contributed by atoms with Crippen molar-refractivity contribution in [2.24, 2.45) is 0 Å². The predicted molar refractivity (Wildman–Crippen MR) is 93.8 cm³/mol. The number of aromatic amines is 1. The number of nitrogens with one attached hydrogen (secondary N) is 1. The maximum absolute atomic E-state index is 5.39. The molecule has 0 amide bonds. The molecule has 0 aliphatic heterocycles. The maximum atomic E-state index is 5.39. The number of fused-ring (bicyclic) bond motifs is 2. The van der Waals surface area contributed by atoms with Crippen LogP contribution in [0.15, 0.2) is 61.4 Å². The van der Waals surface area contributed by atoms with E-state index in [-0.39, 0.29) is 0 Å². The molecule has 0 bridgehead atoms. The number of H-pyrrole nitrogens is 1. The first-order valence-electron chi connectivity index (χ1n) is 7.52. The highest BCUT2D eigenvalue weighted by Gasteiger charge is 2.13. The van der Waals surface area contributed by atoms with Crippen molar-refractivity contribution in [3.63, 3.8) is 0 Å². The molecule has 0 saturated carbocycles. The van der Waals surface area contributed by atoms with Crippen LogP contribution in [-0.2, 0) is 6.54 Å². The summed E-state index contributed by atoms with van der Waals surface area (Å²) in [4.78, 5) is 7.79. The highest BCUT2D eigenvalue weighted by molar-refractivity contribution is 5.98. The normalized spacial score (nSPS) is 11.2. The molecule has 1 N–H and O–H groups in total. The van der Waals surface area contributed by atoms with Crippen LogP contribution >= 0.6 is 0 Å². The Kier molecular flexibility index (Phi) is 3.15. The summed E-state index contributed by atoms with van der Waals surface area (Å²) in [6, 6.07) is 12.3. The van der Waals surface area contributed by atoms with Gasteiger partial charge in [0, 0.05) is 46.5 Å². The second-order valence-corrected chi connectivity index (χ2v) is 5.49. The second kappa shape index (κ2) is 5.32. The predicted octanol–water partition coefficient (Wildman–Crippen LogP) is 4.38. The average molecular weight is 303 g/mol. The summed E-state index contributed by atoms with van der Waals surface area (Å²) in [6.07, 6.45) is 5.85. The van der Waals surface area contributed by atoms with E-state index in [1.54, 1.807) is 13.3 Å². The molecule has 0 saturated heterocycles. The van der Waals surface area contributed by atoms with Gasteiger partial charge < -0.3 is 14.3 Å². The fraction of sp³-hybridized carbons (Fsp3) is 0.105. The first-order valence-corrected chi connectivity index (χ1v) is 7.52. The molecule has 0 aliphatic rings. The molecule has 0 atom stereocenters. The van der Waals surface area contributed by atoms with Gasteiger partial charge >= 0.3 is 0 Å². The van der Waals surface area contributed by atoms with E-state index < -0.39 is 0 Å². The van der Waals surface area contributed by atoms with Crippen LogP contribution in [0, 0.1) is 0 Å². The van der Waals surface area contributed by atoms with Crippen LogP contribution in [0.2, 0.25) is 0 Å². The monoisotopic (exact) mass is 303 g/mol. The van der Waals surface area contributed by atoms with E-state index in [4.69, 9.17) is 4.74 Å². The van der Waals surface area contributed by atoms with E-state index in [1.165, 1.54) is 0 Å². The molecule has 4 nitrogen and oxygen atoms in total. The van der Waals surface area contributed by atoms with Crippen molar-refractivity contribution >= 4 is 21.9 Å². The van der Waals surface area contributed by atoms with E-state index in [9.17, 15) is 0 Å². The molecule has 0 fully saturated rings. The van der Waals surface area contributed by atoms with Crippen LogP contribution in [0.3, 0.4) is 0 Å². The van der Waals surface area contributed by atoms with Gasteiger partial charge in [0.25, 0.3) is 0 Å². The fourth-order valence-electron chi connectivity index (χ4n) is 3.01. The highest BCUT2D eigenvalue weighted by Crippen LogP contribution is 2.34. The SMILES string of the molecule is C=CCn1cc(-c2cc3cccnc3[nH]2)c2cc(OC)ccc21. The average Bonchev–Trinajstić information content (AvgIpc) is 3.16. The quantitative estimate of drug-likeness (QED) is 0.569. The molecular weight excluding hydrogens is 286 g/mol. The van der Waals surface area contributed by atoms with Crippen LogP contribution in [0.1, 0.15) is 0 Å². The van der Waals surface area contributed by atoms with E-state index in [2.05, 4.69) is 51.6 Å². The number of aromatic nitrogens is 3. The molecule has 3 aromatic heterocycles. The molecule has 1 aromatic carbocycles. The van der Waals surface area contributed by atoms with Crippen molar-refractivity contribution in [3.8, 4) is 17.0 Å². The largest absolute Gasteiger partial charge is 0.497 e. The number of methoxy groups -OCH3 is 1. The Balaban J connectivity index is 1.98. The van der Waals surface area contributed by atoms with Crippen molar-refractivity contribution in [1.82, 2.24) is 14.5 Å². The summed E-state index contributed by atoms with van der Waals surface area (Å²) in [5, 5.41) is 2.26. The van der Waals surface area contributed by atoms with Gasteiger partial charge in [-0.2, -0.15) is 0 Å². The van der Waals surface area contributed by atoms with E-state index in [1.807, 2.05) is 18.2 Å². The second-order valence-electron chi connectivity index (χ2n) is 5.49. The standard InChI is InChI=1S/C19H17N3O/c1-3-9-22-12-16(15-11-14(23-2)6-7-18(15)22)17-10-13-5-4-8-20-19(13)21-17/h3-8,10-12H,1,9H2,2H3,(H,20,21). The van der Waals surface area contributed by atoms with Gasteiger partial charge in [-0.15, -0.1) is 6.58 Å². The van der Waals surface area contributed by atoms with Gasteiger partial charge in [0.15, 0.2) is 0 Å². The van der Waals surface area contributed by atoms with Gasteiger partial charge in [0.05, 0.1) is 7.11 Å². The molecule has 0 radical (unpaired) electrons. The number of ether oxygens (including phenoxy) is 1. The van der Waals surface area contributed by atoms with Crippen LogP contribution in [0.25, 0.3) is 33.2 Å². The fourth-order valence-corrected chi connectivity index (χ4v) is 3.01. The minimum atomic E-state index is 0.765. The molecule has 0 aliphatic carbocycles. The Bertz CT molecular complexity index is 977. The molecule has 4 rings (SSSR count). The van der Waals surface area contributed by atoms with Gasteiger partial charge in [0.1, 0.15) is 11.4 Å². The molecule has 3 heterocycles. The smallest absolute Gasteiger partial charge is 0.137 e. The Morgan fingerprint density at radius 2 is 2.22 bits per heavy atom. The molecule has 4 heteroatoms. The van der Waals surface area contributed by atoms with Crippen LogP contribution < -0.4 is 4.74 Å². The number of hydrogen-bond donors (Lipinski definition) is 1. The summed E-state index contributed by atoms with van der Waals surface area (Å²) < 4.78 is 7.58. The summed E-state index contributed by atoms with van der Waals surface area (Å²) >= 11 is 0. The zero-order valence-electron chi connectivity index (χ0n) is 12.9. The Labute approximate surface area is 134 Å². The molecule has 23 heavy (non-hydrogen) atoms. The summed E-state index contributed by atoms with van der Waals surface area (Å²) in [5.41, 5.74) is 4.25. The number of benzene rings is 1. The van der Waals surface area contributed by atoms with Gasteiger partial charge in [-0.05, 0) is 36.4 Å². The van der Waals surface area contributed by atoms with Crippen molar-refractivity contribution in [3.05, 3.63) is 61.4 Å². The van der Waals surface area contributed by atoms with Crippen molar-refractivity contribution in [1.29, 1.82) is 0 Å². The lowest BCUT2D eigenvalue weighted by Crippen LogP contribution is -1.91. The zero-order valence-corrected chi connectivity index (χ0v) is 12.9. The Morgan fingerprint density at radius 1 is 1.30 bits per heavy atom. The zero-order chi connectivity index (χ0) is 15.8. The van der Waals surface area contributed by atoms with E-state index >= 15 is 0 Å². The minimum Gasteiger partial charge on any atom is -0.497 e. The summed E-state index contributed by atoms with van der Waals surface area (Å²) in [5.74, 6) is 0.851. The third kappa shape index (κ3) is 2.19. The Hall–Kier alpha value is -3.01. The van der Waals surface area contributed by atoms with Gasteiger partial charge in [-0.3, -0.25) is 0 Å². The number of pyridine rings is 1. The first kappa shape index (κ1) is 13.6. The summed E-state index contributed by atoms with van der Waals surface area (Å²) in [6.45, 7) is 4.62. The van der Waals surface area contributed by atoms with Crippen LogP contribution in [-0.4, -0.2) is 21.6 Å². The maximum Gasteiger partial charge on any atom is 0.137 e. The lowest BCUT2D eigenvalue weighted by atomic mass is 10.1.